The molecular weight excluding hydrogens is 278 g/mol. The van der Waals surface area contributed by atoms with Crippen molar-refractivity contribution in [3.63, 3.8) is 0 Å². The Labute approximate surface area is 131 Å². The van der Waals surface area contributed by atoms with E-state index in [1.807, 2.05) is 49.4 Å². The summed E-state index contributed by atoms with van der Waals surface area (Å²) in [6.45, 7) is 6.08. The lowest BCUT2D eigenvalue weighted by atomic mass is 10.1. The highest BCUT2D eigenvalue weighted by atomic mass is 16.5. The molecule has 22 heavy (non-hydrogen) atoms. The normalized spacial score (nSPS) is 11.5. The van der Waals surface area contributed by atoms with Gasteiger partial charge in [0, 0.05) is 13.1 Å². The van der Waals surface area contributed by atoms with Gasteiger partial charge in [-0.25, -0.2) is 0 Å². The number of amides is 1. The predicted octanol–water partition coefficient (Wildman–Crippen LogP) is 2.84. The summed E-state index contributed by atoms with van der Waals surface area (Å²) in [5, 5.41) is 12.1. The van der Waals surface area contributed by atoms with Gasteiger partial charge in [0.15, 0.2) is 6.61 Å². The van der Waals surface area contributed by atoms with E-state index >= 15 is 0 Å². The molecule has 0 fully saturated rings. The number of ether oxygens (including phenoxy) is 1. The van der Waals surface area contributed by atoms with Crippen molar-refractivity contribution in [3.05, 3.63) is 42.5 Å². The van der Waals surface area contributed by atoms with E-state index in [4.69, 9.17) is 4.74 Å². The number of aliphatic hydroxyl groups is 1. The van der Waals surface area contributed by atoms with Crippen LogP contribution in [0.15, 0.2) is 42.5 Å². The third kappa shape index (κ3) is 4.46. The number of hydrogen-bond donors (Lipinski definition) is 1. The highest BCUT2D eigenvalue weighted by molar-refractivity contribution is 5.84. The molecule has 2 rings (SSSR count). The standard InChI is InChI=1S/C18H23NO3/c1-4-19(13-18(2,3)21)17(20)12-22-16-10-9-14-7-5-6-8-15(14)11-16/h5-11,21H,4,12-13H2,1-3H3. The summed E-state index contributed by atoms with van der Waals surface area (Å²) < 4.78 is 5.60. The average molecular weight is 301 g/mol. The van der Waals surface area contributed by atoms with Crippen LogP contribution in [0.5, 0.6) is 5.75 Å². The Balaban J connectivity index is 1.99. The number of benzene rings is 2. The van der Waals surface area contributed by atoms with Crippen LogP contribution in [0.25, 0.3) is 10.8 Å². The number of carbonyl (C=O) groups is 1. The fraction of sp³-hybridized carbons (Fsp3) is 0.389. The molecule has 0 aliphatic carbocycles. The van der Waals surface area contributed by atoms with Crippen LogP contribution in [0.1, 0.15) is 20.8 Å². The van der Waals surface area contributed by atoms with Gasteiger partial charge in [0.25, 0.3) is 5.91 Å². The lowest BCUT2D eigenvalue weighted by Crippen LogP contribution is -2.44. The zero-order valence-electron chi connectivity index (χ0n) is 13.4. The maximum Gasteiger partial charge on any atom is 0.260 e. The van der Waals surface area contributed by atoms with Gasteiger partial charge in [-0.2, -0.15) is 0 Å². The Kier molecular flexibility index (Phi) is 5.03. The van der Waals surface area contributed by atoms with E-state index in [0.29, 0.717) is 18.8 Å². The van der Waals surface area contributed by atoms with Crippen LogP contribution in [0.3, 0.4) is 0 Å². The van der Waals surface area contributed by atoms with E-state index in [2.05, 4.69) is 0 Å². The lowest BCUT2D eigenvalue weighted by molar-refractivity contribution is -0.136. The Morgan fingerprint density at radius 2 is 1.86 bits per heavy atom. The van der Waals surface area contributed by atoms with Crippen LogP contribution in [-0.4, -0.2) is 41.2 Å². The maximum atomic E-state index is 12.2. The molecule has 2 aromatic carbocycles. The van der Waals surface area contributed by atoms with Crippen LogP contribution >= 0.6 is 0 Å². The second-order valence-corrected chi connectivity index (χ2v) is 6.02. The van der Waals surface area contributed by atoms with Crippen molar-refractivity contribution in [1.82, 2.24) is 4.90 Å². The van der Waals surface area contributed by atoms with Crippen LogP contribution < -0.4 is 4.74 Å². The summed E-state index contributed by atoms with van der Waals surface area (Å²) in [7, 11) is 0. The molecule has 0 atom stereocenters. The molecule has 2 aromatic rings. The monoisotopic (exact) mass is 301 g/mol. The SMILES string of the molecule is CCN(CC(C)(C)O)C(=O)COc1ccc2ccccc2c1. The quantitative estimate of drug-likeness (QED) is 0.892. The molecular formula is C18H23NO3. The first kappa shape index (κ1) is 16.3. The Hall–Kier alpha value is -2.07. The molecule has 0 aromatic heterocycles. The molecule has 0 radical (unpaired) electrons. The topological polar surface area (TPSA) is 49.8 Å². The zero-order chi connectivity index (χ0) is 16.2. The van der Waals surface area contributed by atoms with Gasteiger partial charge in [0.2, 0.25) is 0 Å². The highest BCUT2D eigenvalue weighted by Gasteiger charge is 2.21. The minimum absolute atomic E-state index is 0.0255. The van der Waals surface area contributed by atoms with Crippen molar-refractivity contribution in [1.29, 1.82) is 0 Å². The number of carbonyl (C=O) groups excluding carboxylic acids is 1. The van der Waals surface area contributed by atoms with Crippen molar-refractivity contribution in [2.24, 2.45) is 0 Å². The predicted molar refractivity (Wildman–Crippen MR) is 88.0 cm³/mol. The number of rotatable bonds is 6. The molecule has 1 N–H and O–H groups in total. The van der Waals surface area contributed by atoms with Gasteiger partial charge in [-0.15, -0.1) is 0 Å². The van der Waals surface area contributed by atoms with Gasteiger partial charge < -0.3 is 14.7 Å². The first-order valence-electron chi connectivity index (χ1n) is 7.51. The minimum atomic E-state index is -0.908. The maximum absolute atomic E-state index is 12.2. The van der Waals surface area contributed by atoms with Gasteiger partial charge in [-0.3, -0.25) is 4.79 Å². The molecule has 0 aliphatic rings. The minimum Gasteiger partial charge on any atom is -0.484 e. The highest BCUT2D eigenvalue weighted by Crippen LogP contribution is 2.20. The van der Waals surface area contributed by atoms with Crippen LogP contribution in [-0.2, 0) is 4.79 Å². The molecule has 0 bridgehead atoms. The van der Waals surface area contributed by atoms with Crippen LogP contribution in [0.4, 0.5) is 0 Å². The van der Waals surface area contributed by atoms with E-state index in [0.717, 1.165) is 10.8 Å². The number of hydrogen-bond acceptors (Lipinski definition) is 3. The van der Waals surface area contributed by atoms with Crippen molar-refractivity contribution in [2.75, 3.05) is 19.7 Å². The molecule has 0 saturated carbocycles. The summed E-state index contributed by atoms with van der Waals surface area (Å²) in [6, 6.07) is 13.8. The second kappa shape index (κ2) is 6.79. The summed E-state index contributed by atoms with van der Waals surface area (Å²) in [4.78, 5) is 13.8. The van der Waals surface area contributed by atoms with Gasteiger partial charge in [-0.1, -0.05) is 30.3 Å². The Bertz CT molecular complexity index is 646. The average Bonchev–Trinajstić information content (AvgIpc) is 2.49. The fourth-order valence-electron chi connectivity index (χ4n) is 2.34. The summed E-state index contributed by atoms with van der Waals surface area (Å²) in [5.74, 6) is 0.546. The van der Waals surface area contributed by atoms with Gasteiger partial charge in [-0.05, 0) is 43.7 Å². The van der Waals surface area contributed by atoms with Gasteiger partial charge in [0.05, 0.1) is 5.60 Å². The summed E-state index contributed by atoms with van der Waals surface area (Å²) >= 11 is 0. The van der Waals surface area contributed by atoms with E-state index in [-0.39, 0.29) is 12.5 Å². The summed E-state index contributed by atoms with van der Waals surface area (Å²) in [6.07, 6.45) is 0. The molecule has 0 saturated heterocycles. The van der Waals surface area contributed by atoms with Crippen molar-refractivity contribution >= 4 is 16.7 Å². The molecule has 118 valence electrons. The fourth-order valence-corrected chi connectivity index (χ4v) is 2.34. The van der Waals surface area contributed by atoms with Crippen LogP contribution in [0, 0.1) is 0 Å². The largest absolute Gasteiger partial charge is 0.484 e. The van der Waals surface area contributed by atoms with E-state index in [1.165, 1.54) is 0 Å². The van der Waals surface area contributed by atoms with E-state index in [9.17, 15) is 9.90 Å². The molecule has 0 spiro atoms. The molecule has 1 amide bonds. The third-order valence-electron chi connectivity index (χ3n) is 3.40. The number of likely N-dealkylation sites (N-methyl/N-ethyl adjacent to an activating group) is 1. The summed E-state index contributed by atoms with van der Waals surface area (Å²) in [5.41, 5.74) is -0.908. The molecule has 0 unspecified atom stereocenters. The first-order chi connectivity index (χ1) is 10.4. The second-order valence-electron chi connectivity index (χ2n) is 6.02. The first-order valence-corrected chi connectivity index (χ1v) is 7.51. The molecule has 4 nitrogen and oxygen atoms in total. The van der Waals surface area contributed by atoms with Crippen molar-refractivity contribution < 1.29 is 14.6 Å². The Morgan fingerprint density at radius 1 is 1.18 bits per heavy atom. The zero-order valence-corrected chi connectivity index (χ0v) is 13.4. The van der Waals surface area contributed by atoms with E-state index < -0.39 is 5.60 Å². The van der Waals surface area contributed by atoms with Crippen LogP contribution in [0.2, 0.25) is 0 Å². The number of nitrogens with zero attached hydrogens (tertiary/aromatic N) is 1. The third-order valence-corrected chi connectivity index (χ3v) is 3.40. The van der Waals surface area contributed by atoms with Gasteiger partial charge >= 0.3 is 0 Å². The van der Waals surface area contributed by atoms with Crippen molar-refractivity contribution in [3.8, 4) is 5.75 Å². The van der Waals surface area contributed by atoms with Crippen molar-refractivity contribution in [2.45, 2.75) is 26.4 Å². The Morgan fingerprint density at radius 3 is 2.50 bits per heavy atom. The van der Waals surface area contributed by atoms with E-state index in [1.54, 1.807) is 18.7 Å². The smallest absolute Gasteiger partial charge is 0.260 e. The number of fused-ring (bicyclic) bond motifs is 1. The molecule has 0 heterocycles. The molecule has 4 heteroatoms. The molecule has 0 aliphatic heterocycles. The lowest BCUT2D eigenvalue weighted by Gasteiger charge is -2.28. The van der Waals surface area contributed by atoms with Gasteiger partial charge in [0.1, 0.15) is 5.75 Å².